The van der Waals surface area contributed by atoms with Crippen molar-refractivity contribution >= 4 is 0 Å². The summed E-state index contributed by atoms with van der Waals surface area (Å²) in [6.45, 7) is -2.99. The van der Waals surface area contributed by atoms with Gasteiger partial charge in [-0.1, -0.05) is 36.4 Å². The molecule has 30 heavy (non-hydrogen) atoms. The van der Waals surface area contributed by atoms with Crippen molar-refractivity contribution in [2.24, 2.45) is 0 Å². The summed E-state index contributed by atoms with van der Waals surface area (Å²) in [7, 11) is 0. The Morgan fingerprint density at radius 2 is 1.33 bits per heavy atom. The highest BCUT2D eigenvalue weighted by atomic mass is 19.3. The smallest absolute Gasteiger partial charge is 0.457 e. The quantitative estimate of drug-likeness (QED) is 0.362. The van der Waals surface area contributed by atoms with E-state index >= 15 is 0 Å². The third-order valence-electron chi connectivity index (χ3n) is 3.80. The minimum atomic E-state index is -4.66. The zero-order valence-electron chi connectivity index (χ0n) is 15.1. The number of hydrogen-bond acceptors (Lipinski definition) is 3. The third kappa shape index (κ3) is 5.37. The summed E-state index contributed by atoms with van der Waals surface area (Å²) >= 11 is 0. The van der Waals surface area contributed by atoms with E-state index in [2.05, 4.69) is 9.47 Å². The molecule has 0 radical (unpaired) electrons. The van der Waals surface area contributed by atoms with Crippen LogP contribution in [0.15, 0.2) is 72.8 Å². The molecule has 0 fully saturated rings. The van der Waals surface area contributed by atoms with Crippen LogP contribution >= 0.6 is 0 Å². The van der Waals surface area contributed by atoms with Crippen molar-refractivity contribution in [2.45, 2.75) is 19.1 Å². The fourth-order valence-corrected chi connectivity index (χ4v) is 2.56. The lowest BCUT2D eigenvalue weighted by molar-refractivity contribution is -0.253. The second kappa shape index (κ2) is 8.98. The largest absolute Gasteiger partial charge is 0.461 e. The molecule has 0 aliphatic rings. The normalized spacial score (nSPS) is 11.6. The Labute approximate surface area is 167 Å². The predicted octanol–water partition coefficient (Wildman–Crippen LogP) is 6.98. The Morgan fingerprint density at radius 1 is 0.700 bits per heavy atom. The fourth-order valence-electron chi connectivity index (χ4n) is 2.56. The van der Waals surface area contributed by atoms with Crippen molar-refractivity contribution < 1.29 is 40.6 Å². The van der Waals surface area contributed by atoms with Crippen LogP contribution in [0, 0.1) is 0 Å². The van der Waals surface area contributed by atoms with Gasteiger partial charge in [0, 0.05) is 11.6 Å². The van der Waals surface area contributed by atoms with Crippen LogP contribution < -0.4 is 14.2 Å². The highest BCUT2D eigenvalue weighted by Gasteiger charge is 2.44. The highest BCUT2D eigenvalue weighted by molar-refractivity contribution is 5.71. The van der Waals surface area contributed by atoms with Crippen LogP contribution in [0.4, 0.5) is 26.3 Å². The molecule has 0 heterocycles. The molecule has 0 atom stereocenters. The van der Waals surface area contributed by atoms with Crippen LogP contribution in [-0.2, 0) is 0 Å². The molecule has 3 rings (SSSR count). The first-order valence-electron chi connectivity index (χ1n) is 8.52. The molecule has 0 saturated carbocycles. The molecule has 3 nitrogen and oxygen atoms in total. The zero-order chi connectivity index (χ0) is 21.7. The van der Waals surface area contributed by atoms with Gasteiger partial charge in [0.05, 0.1) is 0 Å². The molecule has 0 spiro atoms. The minimum absolute atomic E-state index is 0.105. The van der Waals surface area contributed by atoms with Crippen LogP contribution in [0.5, 0.6) is 23.0 Å². The van der Waals surface area contributed by atoms with E-state index in [9.17, 15) is 26.3 Å². The number of rotatable bonds is 8. The van der Waals surface area contributed by atoms with Crippen LogP contribution in [0.25, 0.3) is 11.1 Å². The Hall–Kier alpha value is -3.36. The van der Waals surface area contributed by atoms with Gasteiger partial charge in [-0.15, -0.1) is 0 Å². The predicted molar refractivity (Wildman–Crippen MR) is 96.6 cm³/mol. The topological polar surface area (TPSA) is 27.7 Å². The molecule has 0 unspecified atom stereocenters. The van der Waals surface area contributed by atoms with Gasteiger partial charge in [0.25, 0.3) is 0 Å². The molecule has 0 aliphatic carbocycles. The van der Waals surface area contributed by atoms with Crippen molar-refractivity contribution in [3.05, 3.63) is 72.8 Å². The van der Waals surface area contributed by atoms with Gasteiger partial charge in [-0.2, -0.15) is 26.3 Å². The SMILES string of the molecule is FC(F)Oc1cccc(Oc2cccc(-c3ccccc3OC(F)(F)C(F)F)c2)c1. The minimum Gasteiger partial charge on any atom is -0.457 e. The molecule has 0 aromatic heterocycles. The number of hydrogen-bond donors (Lipinski definition) is 0. The van der Waals surface area contributed by atoms with Gasteiger partial charge in [0.2, 0.25) is 0 Å². The maximum atomic E-state index is 13.4. The third-order valence-corrected chi connectivity index (χ3v) is 3.80. The van der Waals surface area contributed by atoms with Gasteiger partial charge in [-0.3, -0.25) is 0 Å². The number of para-hydroxylation sites is 1. The van der Waals surface area contributed by atoms with Crippen molar-refractivity contribution in [3.63, 3.8) is 0 Å². The lowest BCUT2D eigenvalue weighted by Crippen LogP contribution is -2.33. The molecule has 0 aliphatic heterocycles. The van der Waals surface area contributed by atoms with Crippen LogP contribution in [-0.4, -0.2) is 19.1 Å². The van der Waals surface area contributed by atoms with E-state index in [0.29, 0.717) is 5.56 Å². The van der Waals surface area contributed by atoms with E-state index in [1.54, 1.807) is 18.2 Å². The van der Waals surface area contributed by atoms with Gasteiger partial charge in [-0.25, -0.2) is 0 Å². The summed E-state index contributed by atoms with van der Waals surface area (Å²) in [4.78, 5) is 0. The Balaban J connectivity index is 1.86. The monoisotopic (exact) mass is 428 g/mol. The summed E-state index contributed by atoms with van der Waals surface area (Å²) in [5.41, 5.74) is 0.492. The Morgan fingerprint density at radius 3 is 2.03 bits per heavy atom. The first-order valence-corrected chi connectivity index (χ1v) is 8.52. The average Bonchev–Trinajstić information content (AvgIpc) is 2.68. The van der Waals surface area contributed by atoms with E-state index < -0.39 is 24.9 Å². The average molecular weight is 428 g/mol. The number of halogens is 6. The molecule has 9 heteroatoms. The molecule has 3 aromatic carbocycles. The molecular formula is C21H14F6O3. The molecule has 0 saturated heterocycles. The van der Waals surface area contributed by atoms with Crippen molar-refractivity contribution in [1.82, 2.24) is 0 Å². The lowest BCUT2D eigenvalue weighted by atomic mass is 10.0. The van der Waals surface area contributed by atoms with Crippen molar-refractivity contribution in [2.75, 3.05) is 0 Å². The summed E-state index contributed by atoms with van der Waals surface area (Å²) in [5, 5.41) is 0. The van der Waals surface area contributed by atoms with Gasteiger partial charge < -0.3 is 14.2 Å². The number of benzene rings is 3. The molecule has 0 bridgehead atoms. The maximum absolute atomic E-state index is 13.4. The highest BCUT2D eigenvalue weighted by Crippen LogP contribution is 2.37. The van der Waals surface area contributed by atoms with Crippen molar-refractivity contribution in [3.8, 4) is 34.1 Å². The maximum Gasteiger partial charge on any atom is 0.461 e. The lowest BCUT2D eigenvalue weighted by Gasteiger charge is -2.19. The van der Waals surface area contributed by atoms with E-state index in [1.165, 1.54) is 48.5 Å². The van der Waals surface area contributed by atoms with Crippen LogP contribution in [0.3, 0.4) is 0 Å². The Bertz CT molecular complexity index is 994. The van der Waals surface area contributed by atoms with Crippen LogP contribution in [0.1, 0.15) is 0 Å². The van der Waals surface area contributed by atoms with E-state index in [-0.39, 0.29) is 22.8 Å². The first kappa shape index (κ1) is 21.4. The summed E-state index contributed by atoms with van der Waals surface area (Å²) < 4.78 is 90.6. The Kier molecular flexibility index (Phi) is 6.39. The fraction of sp³-hybridized carbons (Fsp3) is 0.143. The molecule has 158 valence electrons. The summed E-state index contributed by atoms with van der Waals surface area (Å²) in [6, 6.07) is 17.1. The number of alkyl halides is 6. The second-order valence-corrected chi connectivity index (χ2v) is 5.94. The summed E-state index contributed by atoms with van der Waals surface area (Å²) in [6.07, 6.45) is -8.65. The van der Waals surface area contributed by atoms with E-state index in [4.69, 9.17) is 4.74 Å². The molecule has 3 aromatic rings. The van der Waals surface area contributed by atoms with E-state index in [1.807, 2.05) is 0 Å². The van der Waals surface area contributed by atoms with Gasteiger partial charge in [0.15, 0.2) is 0 Å². The molecule has 0 amide bonds. The van der Waals surface area contributed by atoms with Gasteiger partial charge >= 0.3 is 19.1 Å². The zero-order valence-corrected chi connectivity index (χ0v) is 15.1. The number of ether oxygens (including phenoxy) is 3. The molecular weight excluding hydrogens is 414 g/mol. The van der Waals surface area contributed by atoms with Gasteiger partial charge in [-0.05, 0) is 35.9 Å². The standard InChI is InChI=1S/C21H14F6O3/c22-19(23)21(26,27)30-18-10-2-1-9-17(18)13-5-3-6-14(11-13)28-15-7-4-8-16(12-15)29-20(24)25/h1-12,19-20H. The first-order chi connectivity index (χ1) is 14.2. The van der Waals surface area contributed by atoms with Gasteiger partial charge in [0.1, 0.15) is 23.0 Å². The molecule has 0 N–H and O–H groups in total. The second-order valence-electron chi connectivity index (χ2n) is 5.94. The summed E-state index contributed by atoms with van der Waals surface area (Å²) in [5.74, 6) is -0.102. The van der Waals surface area contributed by atoms with Crippen molar-refractivity contribution in [1.29, 1.82) is 0 Å². The van der Waals surface area contributed by atoms with Crippen LogP contribution in [0.2, 0.25) is 0 Å². The van der Waals surface area contributed by atoms with E-state index in [0.717, 1.165) is 6.07 Å².